The molecule has 0 aromatic heterocycles. The number of unbranched alkanes of at least 4 members (excludes halogenated alkanes) is 35. The van der Waals surface area contributed by atoms with Gasteiger partial charge in [-0.3, -0.25) is 9.59 Å². The van der Waals surface area contributed by atoms with Crippen molar-refractivity contribution in [3.05, 3.63) is 36.5 Å². The number of aliphatic hydroxyl groups is 2. The monoisotopic (exact) mass is 858 g/mol. The molecule has 0 aromatic rings. The lowest BCUT2D eigenvalue weighted by molar-refractivity contribution is -0.143. The Morgan fingerprint density at radius 3 is 1.21 bits per heavy atom. The van der Waals surface area contributed by atoms with Crippen molar-refractivity contribution in [2.24, 2.45) is 0 Å². The first-order valence-corrected chi connectivity index (χ1v) is 26.8. The van der Waals surface area contributed by atoms with Crippen LogP contribution in [0.4, 0.5) is 0 Å². The van der Waals surface area contributed by atoms with Gasteiger partial charge in [0.1, 0.15) is 0 Å². The van der Waals surface area contributed by atoms with Crippen LogP contribution in [0.1, 0.15) is 277 Å². The molecule has 0 aromatic carbocycles. The summed E-state index contributed by atoms with van der Waals surface area (Å²) in [6.07, 6.45) is 61.5. The van der Waals surface area contributed by atoms with E-state index < -0.39 is 12.1 Å². The van der Waals surface area contributed by atoms with E-state index in [2.05, 4.69) is 43.5 Å². The number of allylic oxidation sites excluding steroid dienone is 5. The van der Waals surface area contributed by atoms with Crippen molar-refractivity contribution in [2.75, 3.05) is 13.2 Å². The Kier molecular flexibility index (Phi) is 49.1. The van der Waals surface area contributed by atoms with Crippen molar-refractivity contribution >= 4 is 11.9 Å². The zero-order valence-electron chi connectivity index (χ0n) is 40.6. The highest BCUT2D eigenvalue weighted by atomic mass is 16.5. The molecule has 0 rings (SSSR count). The molecule has 0 heterocycles. The molecule has 0 aliphatic heterocycles. The minimum atomic E-state index is -0.857. The van der Waals surface area contributed by atoms with E-state index in [1.54, 1.807) is 6.08 Å². The van der Waals surface area contributed by atoms with Gasteiger partial charge in [-0.05, 0) is 64.2 Å². The summed E-state index contributed by atoms with van der Waals surface area (Å²) in [6, 6.07) is -0.643. The van der Waals surface area contributed by atoms with Gasteiger partial charge in [-0.2, -0.15) is 0 Å². The van der Waals surface area contributed by atoms with E-state index in [9.17, 15) is 19.8 Å². The molecule has 0 saturated heterocycles. The molecule has 0 spiro atoms. The third kappa shape index (κ3) is 47.4. The summed E-state index contributed by atoms with van der Waals surface area (Å²) in [7, 11) is 0. The molecular formula is C55H103NO5. The smallest absolute Gasteiger partial charge is 0.305 e. The molecule has 2 atom stereocenters. The summed E-state index contributed by atoms with van der Waals surface area (Å²) < 4.78 is 5.45. The van der Waals surface area contributed by atoms with Gasteiger partial charge in [0.05, 0.1) is 25.4 Å². The average Bonchev–Trinajstić information content (AvgIpc) is 3.26. The van der Waals surface area contributed by atoms with Gasteiger partial charge in [0.15, 0.2) is 0 Å². The summed E-state index contributed by atoms with van der Waals surface area (Å²) in [5.74, 6) is -0.111. The Morgan fingerprint density at radius 1 is 0.459 bits per heavy atom. The van der Waals surface area contributed by atoms with Crippen LogP contribution < -0.4 is 5.32 Å². The van der Waals surface area contributed by atoms with Crippen molar-refractivity contribution in [1.82, 2.24) is 5.32 Å². The number of amides is 1. The molecule has 0 fully saturated rings. The van der Waals surface area contributed by atoms with Crippen LogP contribution in [0, 0.1) is 0 Å². The van der Waals surface area contributed by atoms with Crippen LogP contribution in [0.3, 0.4) is 0 Å². The van der Waals surface area contributed by atoms with Crippen LogP contribution in [0.15, 0.2) is 36.5 Å². The normalized spacial score (nSPS) is 12.9. The molecule has 0 radical (unpaired) electrons. The summed E-state index contributed by atoms with van der Waals surface area (Å²) in [4.78, 5) is 24.4. The van der Waals surface area contributed by atoms with Gasteiger partial charge in [0, 0.05) is 12.8 Å². The van der Waals surface area contributed by atoms with Crippen molar-refractivity contribution in [3.8, 4) is 0 Å². The topological polar surface area (TPSA) is 95.9 Å². The number of hydrogen-bond acceptors (Lipinski definition) is 5. The first-order valence-electron chi connectivity index (χ1n) is 26.8. The van der Waals surface area contributed by atoms with Crippen LogP contribution in [0.2, 0.25) is 0 Å². The van der Waals surface area contributed by atoms with E-state index in [1.807, 2.05) is 6.08 Å². The highest BCUT2D eigenvalue weighted by molar-refractivity contribution is 5.76. The van der Waals surface area contributed by atoms with E-state index in [0.29, 0.717) is 19.4 Å². The average molecular weight is 858 g/mol. The van der Waals surface area contributed by atoms with Gasteiger partial charge < -0.3 is 20.3 Å². The molecule has 0 aliphatic carbocycles. The van der Waals surface area contributed by atoms with Crippen LogP contribution in [0.25, 0.3) is 0 Å². The lowest BCUT2D eigenvalue weighted by atomic mass is 10.0. The molecular weight excluding hydrogens is 755 g/mol. The summed E-state index contributed by atoms with van der Waals surface area (Å²) >= 11 is 0. The Bertz CT molecular complexity index is 993. The van der Waals surface area contributed by atoms with E-state index >= 15 is 0 Å². The Balaban J connectivity index is 3.52. The van der Waals surface area contributed by atoms with E-state index in [1.165, 1.54) is 173 Å². The molecule has 358 valence electrons. The predicted molar refractivity (Wildman–Crippen MR) is 264 cm³/mol. The minimum absolute atomic E-state index is 0.0195. The molecule has 6 nitrogen and oxygen atoms in total. The van der Waals surface area contributed by atoms with Crippen molar-refractivity contribution in [2.45, 2.75) is 289 Å². The number of carbonyl (C=O) groups excluding carboxylic acids is 2. The lowest BCUT2D eigenvalue weighted by Crippen LogP contribution is -2.45. The number of carbonyl (C=O) groups is 2. The summed E-state index contributed by atoms with van der Waals surface area (Å²) in [5.41, 5.74) is 0. The maximum Gasteiger partial charge on any atom is 0.305 e. The summed E-state index contributed by atoms with van der Waals surface area (Å²) in [6.45, 7) is 4.84. The van der Waals surface area contributed by atoms with Crippen LogP contribution in [-0.2, 0) is 14.3 Å². The number of nitrogens with one attached hydrogen (secondary N) is 1. The SMILES string of the molecule is CCCCCCCCCCCC/C=C/C(O)C(CO)NC(=O)CCCCCCCC/C=C\C=C/CCCCCOC(=O)CCCCCCCCCCCCCCCCCCC. The van der Waals surface area contributed by atoms with E-state index in [4.69, 9.17) is 4.74 Å². The second-order valence-electron chi connectivity index (χ2n) is 18.2. The fraction of sp³-hybridized carbons (Fsp3) is 0.855. The van der Waals surface area contributed by atoms with Gasteiger partial charge in [-0.15, -0.1) is 0 Å². The van der Waals surface area contributed by atoms with Crippen molar-refractivity contribution in [1.29, 1.82) is 0 Å². The Hall–Kier alpha value is -1.92. The zero-order chi connectivity index (χ0) is 44.4. The van der Waals surface area contributed by atoms with Gasteiger partial charge in [-0.1, -0.05) is 237 Å². The maximum absolute atomic E-state index is 12.4. The number of esters is 1. The molecule has 3 N–H and O–H groups in total. The third-order valence-corrected chi connectivity index (χ3v) is 12.2. The number of rotatable bonds is 49. The lowest BCUT2D eigenvalue weighted by Gasteiger charge is -2.20. The Morgan fingerprint density at radius 2 is 0.803 bits per heavy atom. The first kappa shape index (κ1) is 59.1. The van der Waals surface area contributed by atoms with Crippen LogP contribution in [-0.4, -0.2) is 47.4 Å². The van der Waals surface area contributed by atoms with Gasteiger partial charge >= 0.3 is 5.97 Å². The van der Waals surface area contributed by atoms with E-state index in [-0.39, 0.29) is 18.5 Å². The second kappa shape index (κ2) is 50.7. The number of aliphatic hydroxyl groups excluding tert-OH is 2. The Labute approximate surface area is 379 Å². The maximum atomic E-state index is 12.4. The van der Waals surface area contributed by atoms with Crippen LogP contribution >= 0.6 is 0 Å². The molecule has 0 saturated carbocycles. The quantitative estimate of drug-likeness (QED) is 0.0245. The minimum Gasteiger partial charge on any atom is -0.466 e. The molecule has 61 heavy (non-hydrogen) atoms. The first-order chi connectivity index (χ1) is 30.0. The van der Waals surface area contributed by atoms with Gasteiger partial charge in [0.25, 0.3) is 0 Å². The third-order valence-electron chi connectivity index (χ3n) is 12.2. The molecule has 0 bridgehead atoms. The standard InChI is InChI=1S/C55H103NO5/c1-3-5-7-9-11-13-15-17-18-19-22-25-29-33-37-41-45-49-55(60)61-50-46-42-38-34-30-26-23-20-21-24-28-32-36-40-44-48-54(59)56-52(51-57)53(58)47-43-39-35-31-27-16-14-12-10-8-6-4-2/h20,23,26,30,43,47,52-53,57-58H,3-19,21-22,24-25,27-29,31-42,44-46,48-51H2,1-2H3,(H,56,59)/b23-20-,30-26-,47-43+. The highest BCUT2D eigenvalue weighted by Gasteiger charge is 2.18. The van der Waals surface area contributed by atoms with Crippen LogP contribution in [0.5, 0.6) is 0 Å². The summed E-state index contributed by atoms with van der Waals surface area (Å²) in [5, 5.41) is 23.0. The number of hydrogen-bond donors (Lipinski definition) is 3. The molecule has 0 aliphatic rings. The van der Waals surface area contributed by atoms with Crippen molar-refractivity contribution in [3.63, 3.8) is 0 Å². The zero-order valence-corrected chi connectivity index (χ0v) is 40.6. The van der Waals surface area contributed by atoms with E-state index in [0.717, 1.165) is 77.0 Å². The highest BCUT2D eigenvalue weighted by Crippen LogP contribution is 2.16. The molecule has 1 amide bonds. The van der Waals surface area contributed by atoms with Gasteiger partial charge in [0.2, 0.25) is 5.91 Å². The fourth-order valence-electron chi connectivity index (χ4n) is 8.04. The predicted octanol–water partition coefficient (Wildman–Crippen LogP) is 16.1. The fourth-order valence-corrected chi connectivity index (χ4v) is 8.04. The van der Waals surface area contributed by atoms with Gasteiger partial charge in [-0.25, -0.2) is 0 Å². The second-order valence-corrected chi connectivity index (χ2v) is 18.2. The van der Waals surface area contributed by atoms with Crippen molar-refractivity contribution < 1.29 is 24.5 Å². The number of ether oxygens (including phenoxy) is 1. The largest absolute Gasteiger partial charge is 0.466 e. The molecule has 2 unspecified atom stereocenters. The molecule has 6 heteroatoms.